The first kappa shape index (κ1) is 24.6. The van der Waals surface area contributed by atoms with E-state index in [0.29, 0.717) is 16.3 Å². The summed E-state index contributed by atoms with van der Waals surface area (Å²) >= 11 is 1.24. The molecule has 1 aromatic carbocycles. The molecule has 1 atom stereocenters. The zero-order valence-corrected chi connectivity index (χ0v) is 20.7. The Kier molecular flexibility index (Phi) is 7.63. The van der Waals surface area contributed by atoms with Crippen LogP contribution in [0.25, 0.3) is 0 Å². The maximum Gasteiger partial charge on any atom is 0.264 e. The van der Waals surface area contributed by atoms with Gasteiger partial charge in [-0.2, -0.15) is 5.26 Å². The number of carbonyl (C=O) groups is 1. The van der Waals surface area contributed by atoms with Gasteiger partial charge in [-0.3, -0.25) is 4.79 Å². The molecular weight excluding hydrogens is 484 g/mol. The van der Waals surface area contributed by atoms with Gasteiger partial charge in [-0.05, 0) is 74.6 Å². The standard InChI is InChI=1S/C24H24N6O3S2/c1-16(34-23-18(15-25)14-17-6-3-2-4-7-21(17)29-23)22(31)28-19-8-10-20(11-9-19)35(32,33)30-24-26-12-5-13-27-24/h5,8-14,16H,2-4,6-7H2,1H3,(H,28,31)(H,26,27,30). The number of amides is 1. The smallest absolute Gasteiger partial charge is 0.264 e. The van der Waals surface area contributed by atoms with E-state index in [1.54, 1.807) is 13.0 Å². The number of hydrogen-bond acceptors (Lipinski definition) is 8. The molecule has 0 spiro atoms. The van der Waals surface area contributed by atoms with Crippen LogP contribution in [0.15, 0.2) is 58.7 Å². The topological polar surface area (TPSA) is 138 Å². The van der Waals surface area contributed by atoms with E-state index in [2.05, 4.69) is 26.1 Å². The van der Waals surface area contributed by atoms with E-state index in [-0.39, 0.29) is 16.8 Å². The first-order valence-electron chi connectivity index (χ1n) is 11.2. The summed E-state index contributed by atoms with van der Waals surface area (Å²) in [5, 5.41) is 12.4. The van der Waals surface area contributed by atoms with E-state index >= 15 is 0 Å². The number of nitrogens with zero attached hydrogens (tertiary/aromatic N) is 4. The van der Waals surface area contributed by atoms with Gasteiger partial charge < -0.3 is 5.32 Å². The molecule has 35 heavy (non-hydrogen) atoms. The first-order chi connectivity index (χ1) is 16.9. The third-order valence-corrected chi connectivity index (χ3v) is 7.96. The number of thioether (sulfide) groups is 1. The number of benzene rings is 1. The van der Waals surface area contributed by atoms with Crippen LogP contribution >= 0.6 is 11.8 Å². The molecule has 1 aliphatic carbocycles. The molecule has 9 nitrogen and oxygen atoms in total. The normalized spacial score (nSPS) is 14.2. The zero-order valence-electron chi connectivity index (χ0n) is 19.1. The fourth-order valence-electron chi connectivity index (χ4n) is 3.67. The molecule has 2 N–H and O–H groups in total. The second-order valence-corrected chi connectivity index (χ2v) is 11.1. The second-order valence-electron chi connectivity index (χ2n) is 8.07. The summed E-state index contributed by atoms with van der Waals surface area (Å²) in [5.74, 6) is -0.305. The van der Waals surface area contributed by atoms with Gasteiger partial charge in [-0.15, -0.1) is 0 Å². The molecule has 1 aliphatic rings. The lowest BCUT2D eigenvalue weighted by Crippen LogP contribution is -2.23. The minimum atomic E-state index is -3.86. The Morgan fingerprint density at radius 1 is 1.11 bits per heavy atom. The van der Waals surface area contributed by atoms with Crippen molar-refractivity contribution in [3.8, 4) is 6.07 Å². The molecule has 0 bridgehead atoms. The number of aryl methyl sites for hydroxylation is 2. The lowest BCUT2D eigenvalue weighted by atomic mass is 10.1. The highest BCUT2D eigenvalue weighted by atomic mass is 32.2. The molecule has 2 aromatic heterocycles. The van der Waals surface area contributed by atoms with E-state index in [0.717, 1.165) is 43.4 Å². The molecule has 0 fully saturated rings. The summed E-state index contributed by atoms with van der Waals surface area (Å²) in [7, 11) is -3.86. The summed E-state index contributed by atoms with van der Waals surface area (Å²) in [6, 6.07) is 11.5. The Hall–Kier alpha value is -3.49. The van der Waals surface area contributed by atoms with Gasteiger partial charge in [0.15, 0.2) is 0 Å². The van der Waals surface area contributed by atoms with Gasteiger partial charge in [0.1, 0.15) is 11.1 Å². The van der Waals surface area contributed by atoms with Crippen LogP contribution < -0.4 is 10.0 Å². The maximum atomic E-state index is 12.8. The SMILES string of the molecule is CC(Sc1nc2c(cc1C#N)CCCCC2)C(=O)Nc1ccc(S(=O)(=O)Nc2ncccn2)cc1. The predicted octanol–water partition coefficient (Wildman–Crippen LogP) is 3.93. The Bertz CT molecular complexity index is 1360. The van der Waals surface area contributed by atoms with Crippen molar-refractivity contribution in [3.05, 3.63) is 65.6 Å². The highest BCUT2D eigenvalue weighted by Gasteiger charge is 2.21. The maximum absolute atomic E-state index is 12.8. The molecular formula is C24H24N6O3S2. The number of hydrogen-bond donors (Lipinski definition) is 2. The number of pyridine rings is 1. The molecule has 0 radical (unpaired) electrons. The van der Waals surface area contributed by atoms with Crippen LogP contribution in [-0.2, 0) is 27.7 Å². The highest BCUT2D eigenvalue weighted by Crippen LogP contribution is 2.30. The molecule has 1 amide bonds. The van der Waals surface area contributed by atoms with Gasteiger partial charge >= 0.3 is 0 Å². The lowest BCUT2D eigenvalue weighted by molar-refractivity contribution is -0.115. The summed E-state index contributed by atoms with van der Waals surface area (Å²) in [6.45, 7) is 1.75. The molecule has 0 saturated carbocycles. The first-order valence-corrected chi connectivity index (χ1v) is 13.5. The molecule has 11 heteroatoms. The summed E-state index contributed by atoms with van der Waals surface area (Å²) in [5.41, 5.74) is 3.08. The minimum Gasteiger partial charge on any atom is -0.325 e. The zero-order chi connectivity index (χ0) is 24.8. The molecule has 3 aromatic rings. The molecule has 4 rings (SSSR count). The average Bonchev–Trinajstić information content (AvgIpc) is 3.09. The van der Waals surface area contributed by atoms with Crippen LogP contribution in [0, 0.1) is 11.3 Å². The van der Waals surface area contributed by atoms with Gasteiger partial charge in [-0.1, -0.05) is 18.2 Å². The summed E-state index contributed by atoms with van der Waals surface area (Å²) in [6.07, 6.45) is 8.00. The Morgan fingerprint density at radius 2 is 1.83 bits per heavy atom. The number of carbonyl (C=O) groups excluding carboxylic acids is 1. The van der Waals surface area contributed by atoms with Crippen molar-refractivity contribution in [3.63, 3.8) is 0 Å². The third-order valence-electron chi connectivity index (χ3n) is 5.52. The fourth-order valence-corrected chi connectivity index (χ4v) is 5.53. The molecule has 2 heterocycles. The Labute approximate surface area is 208 Å². The number of nitrogens with one attached hydrogen (secondary N) is 2. The highest BCUT2D eigenvalue weighted by molar-refractivity contribution is 8.00. The molecule has 0 aliphatic heterocycles. The van der Waals surface area contributed by atoms with Gasteiger partial charge in [0.05, 0.1) is 15.7 Å². The van der Waals surface area contributed by atoms with Crippen molar-refractivity contribution in [1.29, 1.82) is 5.26 Å². The summed E-state index contributed by atoms with van der Waals surface area (Å²) in [4.78, 5) is 25.2. The number of fused-ring (bicyclic) bond motifs is 1. The van der Waals surface area contributed by atoms with Crippen LogP contribution in [0.3, 0.4) is 0 Å². The Morgan fingerprint density at radius 3 is 2.54 bits per heavy atom. The van der Waals surface area contributed by atoms with Crippen LogP contribution in [0.1, 0.15) is 43.0 Å². The number of aromatic nitrogens is 3. The van der Waals surface area contributed by atoms with Gasteiger partial charge in [0.2, 0.25) is 11.9 Å². The fraction of sp³-hybridized carbons (Fsp3) is 0.292. The summed E-state index contributed by atoms with van der Waals surface area (Å²) < 4.78 is 27.3. The largest absolute Gasteiger partial charge is 0.325 e. The van der Waals surface area contributed by atoms with Crippen LogP contribution in [-0.4, -0.2) is 34.5 Å². The van der Waals surface area contributed by atoms with E-state index in [1.807, 2.05) is 6.07 Å². The van der Waals surface area contributed by atoms with E-state index in [4.69, 9.17) is 4.98 Å². The molecule has 1 unspecified atom stereocenters. The molecule has 0 saturated heterocycles. The van der Waals surface area contributed by atoms with Gasteiger partial charge in [0.25, 0.3) is 10.0 Å². The van der Waals surface area contributed by atoms with Gasteiger partial charge in [-0.25, -0.2) is 28.1 Å². The van der Waals surface area contributed by atoms with Crippen molar-refractivity contribution < 1.29 is 13.2 Å². The third kappa shape index (κ3) is 6.15. The van der Waals surface area contributed by atoms with Crippen molar-refractivity contribution in [2.75, 3.05) is 10.0 Å². The predicted molar refractivity (Wildman–Crippen MR) is 133 cm³/mol. The molecule has 180 valence electrons. The number of anilines is 2. The van der Waals surface area contributed by atoms with Crippen LogP contribution in [0.4, 0.5) is 11.6 Å². The van der Waals surface area contributed by atoms with Crippen molar-refractivity contribution in [2.45, 2.75) is 54.2 Å². The average molecular weight is 509 g/mol. The van der Waals surface area contributed by atoms with Crippen molar-refractivity contribution in [1.82, 2.24) is 15.0 Å². The monoisotopic (exact) mass is 508 g/mol. The van der Waals surface area contributed by atoms with Crippen LogP contribution in [0.5, 0.6) is 0 Å². The van der Waals surface area contributed by atoms with Crippen molar-refractivity contribution in [2.24, 2.45) is 0 Å². The van der Waals surface area contributed by atoms with E-state index < -0.39 is 15.3 Å². The second kappa shape index (κ2) is 10.8. The Balaban J connectivity index is 1.42. The number of nitriles is 1. The van der Waals surface area contributed by atoms with E-state index in [9.17, 15) is 18.5 Å². The lowest BCUT2D eigenvalue weighted by Gasteiger charge is -2.15. The van der Waals surface area contributed by atoms with E-state index in [1.165, 1.54) is 48.4 Å². The number of rotatable bonds is 7. The minimum absolute atomic E-state index is 0.0122. The quantitative estimate of drug-likeness (QED) is 0.362. The van der Waals surface area contributed by atoms with Gasteiger partial charge in [0, 0.05) is 23.8 Å². The van der Waals surface area contributed by atoms with Crippen molar-refractivity contribution >= 4 is 39.3 Å². The van der Waals surface area contributed by atoms with Crippen LogP contribution in [0.2, 0.25) is 0 Å². The number of sulfonamides is 1.